The van der Waals surface area contributed by atoms with E-state index in [2.05, 4.69) is 15.9 Å². The smallest absolute Gasteiger partial charge is 0.170 e. The van der Waals surface area contributed by atoms with E-state index in [-0.39, 0.29) is 0 Å². The molecule has 3 nitrogen and oxygen atoms in total. The van der Waals surface area contributed by atoms with Crippen molar-refractivity contribution in [2.75, 3.05) is 11.9 Å². The summed E-state index contributed by atoms with van der Waals surface area (Å²) in [5, 5.41) is 11.4. The summed E-state index contributed by atoms with van der Waals surface area (Å²) in [6.45, 7) is 1.02. The van der Waals surface area contributed by atoms with Gasteiger partial charge in [-0.05, 0) is 30.2 Å². The molecule has 0 aromatic carbocycles. The van der Waals surface area contributed by atoms with Crippen LogP contribution >= 0.6 is 11.3 Å². The molecule has 4 heteroatoms. The number of thiophene rings is 1. The first-order valence-corrected chi connectivity index (χ1v) is 6.09. The van der Waals surface area contributed by atoms with E-state index < -0.39 is 0 Å². The number of aromatic nitrogens is 1. The van der Waals surface area contributed by atoms with Gasteiger partial charge in [0.25, 0.3) is 0 Å². The van der Waals surface area contributed by atoms with E-state index in [1.165, 1.54) is 12.8 Å². The average molecular weight is 220 g/mol. The van der Waals surface area contributed by atoms with Crippen molar-refractivity contribution in [1.82, 2.24) is 5.16 Å². The third-order valence-corrected chi connectivity index (χ3v) is 3.27. The first-order chi connectivity index (χ1) is 7.42. The highest BCUT2D eigenvalue weighted by Crippen LogP contribution is 2.29. The van der Waals surface area contributed by atoms with Gasteiger partial charge in [-0.2, -0.15) is 11.3 Å². The summed E-state index contributed by atoms with van der Waals surface area (Å²) in [4.78, 5) is 0. The average Bonchev–Trinajstić information content (AvgIpc) is 2.78. The van der Waals surface area contributed by atoms with Crippen molar-refractivity contribution < 1.29 is 4.52 Å². The molecule has 1 fully saturated rings. The van der Waals surface area contributed by atoms with Gasteiger partial charge >= 0.3 is 0 Å². The molecule has 0 amide bonds. The number of nitrogens with one attached hydrogen (secondary N) is 1. The molecule has 0 spiro atoms. The fraction of sp³-hybridized carbons (Fsp3) is 0.364. The summed E-state index contributed by atoms with van der Waals surface area (Å²) in [6, 6.07) is 4.00. The van der Waals surface area contributed by atoms with Crippen molar-refractivity contribution in [3.63, 3.8) is 0 Å². The van der Waals surface area contributed by atoms with Crippen molar-refractivity contribution >= 4 is 17.2 Å². The summed E-state index contributed by atoms with van der Waals surface area (Å²) in [6.07, 6.45) is 2.70. The SMILES string of the molecule is c1cc(-c2cc(NCC3CC3)no2)cs1. The molecule has 2 aromatic heterocycles. The van der Waals surface area contributed by atoms with Gasteiger partial charge in [0.1, 0.15) is 0 Å². The van der Waals surface area contributed by atoms with Gasteiger partial charge in [0, 0.05) is 23.6 Å². The third-order valence-electron chi connectivity index (χ3n) is 2.58. The lowest BCUT2D eigenvalue weighted by atomic mass is 10.2. The van der Waals surface area contributed by atoms with Crippen LogP contribution in [0.5, 0.6) is 0 Å². The van der Waals surface area contributed by atoms with Gasteiger partial charge in [-0.25, -0.2) is 0 Å². The highest BCUT2D eigenvalue weighted by molar-refractivity contribution is 7.08. The highest BCUT2D eigenvalue weighted by Gasteiger charge is 2.21. The second-order valence-electron chi connectivity index (χ2n) is 3.91. The first kappa shape index (κ1) is 8.97. The molecular weight excluding hydrogens is 208 g/mol. The van der Waals surface area contributed by atoms with Gasteiger partial charge in [0.15, 0.2) is 11.6 Å². The Bertz CT molecular complexity index is 431. The minimum Gasteiger partial charge on any atom is -0.367 e. The molecule has 2 heterocycles. The van der Waals surface area contributed by atoms with Gasteiger partial charge < -0.3 is 9.84 Å². The Labute approximate surface area is 92.1 Å². The van der Waals surface area contributed by atoms with Gasteiger partial charge in [-0.1, -0.05) is 5.16 Å². The zero-order valence-corrected chi connectivity index (χ0v) is 9.09. The van der Waals surface area contributed by atoms with E-state index in [0.29, 0.717) is 0 Å². The molecule has 0 radical (unpaired) electrons. The number of hydrogen-bond donors (Lipinski definition) is 1. The molecule has 0 aliphatic heterocycles. The predicted molar refractivity (Wildman–Crippen MR) is 61.0 cm³/mol. The van der Waals surface area contributed by atoms with Crippen LogP contribution in [0, 0.1) is 5.92 Å². The van der Waals surface area contributed by atoms with Gasteiger partial charge in [-0.3, -0.25) is 0 Å². The van der Waals surface area contributed by atoms with Gasteiger partial charge in [0.2, 0.25) is 0 Å². The number of hydrogen-bond acceptors (Lipinski definition) is 4. The van der Waals surface area contributed by atoms with Crippen LogP contribution in [-0.4, -0.2) is 11.7 Å². The number of nitrogens with zero attached hydrogens (tertiary/aromatic N) is 1. The predicted octanol–water partition coefficient (Wildman–Crippen LogP) is 3.23. The van der Waals surface area contributed by atoms with Crippen molar-refractivity contribution in [2.45, 2.75) is 12.8 Å². The van der Waals surface area contributed by atoms with E-state index in [4.69, 9.17) is 4.52 Å². The Balaban J connectivity index is 1.69. The zero-order valence-electron chi connectivity index (χ0n) is 8.27. The van der Waals surface area contributed by atoms with E-state index >= 15 is 0 Å². The van der Waals surface area contributed by atoms with Crippen molar-refractivity contribution in [2.24, 2.45) is 5.92 Å². The molecule has 0 bridgehead atoms. The topological polar surface area (TPSA) is 38.1 Å². The Morgan fingerprint density at radius 1 is 1.53 bits per heavy atom. The second kappa shape index (κ2) is 3.70. The fourth-order valence-electron chi connectivity index (χ4n) is 1.47. The molecule has 0 unspecified atom stereocenters. The molecule has 1 N–H and O–H groups in total. The Morgan fingerprint density at radius 3 is 3.20 bits per heavy atom. The zero-order chi connectivity index (χ0) is 10.1. The summed E-state index contributed by atoms with van der Waals surface area (Å²) in [5.41, 5.74) is 1.10. The summed E-state index contributed by atoms with van der Waals surface area (Å²) in [7, 11) is 0. The second-order valence-corrected chi connectivity index (χ2v) is 4.69. The molecule has 1 aliphatic carbocycles. The van der Waals surface area contributed by atoms with Crippen LogP contribution in [0.2, 0.25) is 0 Å². The van der Waals surface area contributed by atoms with Crippen LogP contribution in [0.1, 0.15) is 12.8 Å². The quantitative estimate of drug-likeness (QED) is 0.859. The maximum Gasteiger partial charge on any atom is 0.170 e. The minimum absolute atomic E-state index is 0.842. The summed E-state index contributed by atoms with van der Waals surface area (Å²) < 4.78 is 5.26. The lowest BCUT2D eigenvalue weighted by Crippen LogP contribution is -2.02. The molecule has 1 aliphatic rings. The van der Waals surface area contributed by atoms with Crippen LogP contribution in [0.15, 0.2) is 27.4 Å². The van der Waals surface area contributed by atoms with Gasteiger partial charge in [-0.15, -0.1) is 0 Å². The molecular formula is C11H12N2OS. The monoisotopic (exact) mass is 220 g/mol. The van der Waals surface area contributed by atoms with Crippen molar-refractivity contribution in [3.05, 3.63) is 22.9 Å². The Hall–Kier alpha value is -1.29. The number of anilines is 1. The molecule has 78 valence electrons. The molecule has 0 atom stereocenters. The fourth-order valence-corrected chi connectivity index (χ4v) is 2.12. The van der Waals surface area contributed by atoms with E-state index in [9.17, 15) is 0 Å². The lowest BCUT2D eigenvalue weighted by Gasteiger charge is -1.96. The first-order valence-electron chi connectivity index (χ1n) is 5.15. The molecule has 15 heavy (non-hydrogen) atoms. The van der Waals surface area contributed by atoms with Crippen LogP contribution in [0.3, 0.4) is 0 Å². The minimum atomic E-state index is 0.842. The third kappa shape index (κ3) is 2.04. The van der Waals surface area contributed by atoms with Crippen LogP contribution in [-0.2, 0) is 0 Å². The van der Waals surface area contributed by atoms with Crippen LogP contribution in [0.25, 0.3) is 11.3 Å². The highest BCUT2D eigenvalue weighted by atomic mass is 32.1. The van der Waals surface area contributed by atoms with E-state index in [1.54, 1.807) is 11.3 Å². The summed E-state index contributed by atoms with van der Waals surface area (Å²) in [5.74, 6) is 2.55. The normalized spacial score (nSPS) is 15.5. The molecule has 1 saturated carbocycles. The maximum atomic E-state index is 5.26. The standard InChI is InChI=1S/C11H12N2OS/c1-2-8(1)6-12-11-5-10(14-13-11)9-3-4-15-7-9/h3-5,7-8H,1-2,6H2,(H,12,13). The molecule has 3 rings (SSSR count). The lowest BCUT2D eigenvalue weighted by molar-refractivity contribution is 0.435. The van der Waals surface area contributed by atoms with Crippen LogP contribution < -0.4 is 5.32 Å². The summed E-state index contributed by atoms with van der Waals surface area (Å²) >= 11 is 1.66. The van der Waals surface area contributed by atoms with Crippen molar-refractivity contribution in [1.29, 1.82) is 0 Å². The van der Waals surface area contributed by atoms with Crippen molar-refractivity contribution in [3.8, 4) is 11.3 Å². The maximum absolute atomic E-state index is 5.26. The Morgan fingerprint density at radius 2 is 2.47 bits per heavy atom. The molecule has 2 aromatic rings. The van der Waals surface area contributed by atoms with Gasteiger partial charge in [0.05, 0.1) is 0 Å². The Kier molecular flexibility index (Phi) is 2.21. The van der Waals surface area contributed by atoms with E-state index in [1.807, 2.05) is 17.5 Å². The largest absolute Gasteiger partial charge is 0.367 e. The van der Waals surface area contributed by atoms with E-state index in [0.717, 1.165) is 29.6 Å². The number of rotatable bonds is 4. The van der Waals surface area contributed by atoms with Crippen LogP contribution in [0.4, 0.5) is 5.82 Å². The molecule has 0 saturated heterocycles.